The number of hydrogen-bond acceptors (Lipinski definition) is 3. The van der Waals surface area contributed by atoms with Gasteiger partial charge in [-0.3, -0.25) is 4.79 Å². The summed E-state index contributed by atoms with van der Waals surface area (Å²) in [4.78, 5) is 12.3. The lowest BCUT2D eigenvalue weighted by Gasteiger charge is -1.98. The second kappa shape index (κ2) is 5.41. The third-order valence-corrected chi connectivity index (χ3v) is 3.81. The highest BCUT2D eigenvalue weighted by Gasteiger charge is 2.36. The van der Waals surface area contributed by atoms with Crippen molar-refractivity contribution >= 4 is 11.9 Å². The Bertz CT molecular complexity index is 734. The van der Waals surface area contributed by atoms with Gasteiger partial charge in [0.1, 0.15) is 23.2 Å². The van der Waals surface area contributed by atoms with Crippen LogP contribution in [0.2, 0.25) is 0 Å². The maximum absolute atomic E-state index is 12.3. The number of Topliss-reactive ketones (excluding diaryl/α,β-unsaturated/α-hetero) is 1. The van der Waals surface area contributed by atoms with Gasteiger partial charge in [0.2, 0.25) is 5.78 Å². The van der Waals surface area contributed by atoms with Crippen LogP contribution >= 0.6 is 0 Å². The first kappa shape index (κ1) is 13.4. The molecule has 21 heavy (non-hydrogen) atoms. The van der Waals surface area contributed by atoms with Crippen molar-refractivity contribution in [1.29, 1.82) is 5.26 Å². The molecule has 0 amide bonds. The summed E-state index contributed by atoms with van der Waals surface area (Å²) in [6.45, 7) is 2.18. The van der Waals surface area contributed by atoms with E-state index in [1.54, 1.807) is 24.3 Å². The molecule has 2 atom stereocenters. The molecule has 0 unspecified atom stereocenters. The van der Waals surface area contributed by atoms with E-state index in [1.165, 1.54) is 6.08 Å². The van der Waals surface area contributed by atoms with Crippen LogP contribution in [0.5, 0.6) is 0 Å². The molecule has 0 N–H and O–H groups in total. The van der Waals surface area contributed by atoms with Gasteiger partial charge in [-0.25, -0.2) is 0 Å². The van der Waals surface area contributed by atoms with Crippen molar-refractivity contribution in [1.82, 2.24) is 0 Å². The second-order valence-corrected chi connectivity index (χ2v) is 5.42. The Kier molecular flexibility index (Phi) is 3.45. The van der Waals surface area contributed by atoms with Crippen LogP contribution in [0.1, 0.15) is 41.1 Å². The molecule has 0 radical (unpaired) electrons. The van der Waals surface area contributed by atoms with Gasteiger partial charge >= 0.3 is 0 Å². The number of hydrogen-bond donors (Lipinski definition) is 0. The van der Waals surface area contributed by atoms with Crippen molar-refractivity contribution in [3.8, 4) is 6.07 Å². The molecule has 3 rings (SSSR count). The molecule has 1 heterocycles. The average molecular weight is 277 g/mol. The van der Waals surface area contributed by atoms with Crippen molar-refractivity contribution < 1.29 is 9.21 Å². The number of nitriles is 1. The molecule has 3 heteroatoms. The maximum atomic E-state index is 12.3. The summed E-state index contributed by atoms with van der Waals surface area (Å²) in [7, 11) is 0. The summed E-state index contributed by atoms with van der Waals surface area (Å²) in [5.74, 6) is 2.37. The van der Waals surface area contributed by atoms with Crippen LogP contribution in [0.4, 0.5) is 0 Å². The zero-order valence-corrected chi connectivity index (χ0v) is 11.7. The molecule has 3 nitrogen and oxygen atoms in total. The van der Waals surface area contributed by atoms with E-state index in [2.05, 4.69) is 6.92 Å². The van der Waals surface area contributed by atoms with Gasteiger partial charge in [-0.2, -0.15) is 5.26 Å². The lowest BCUT2D eigenvalue weighted by molar-refractivity contribution is 0.104. The number of nitrogens with zero attached hydrogens (tertiary/aromatic N) is 1. The minimum atomic E-state index is -0.282. The van der Waals surface area contributed by atoms with E-state index in [0.29, 0.717) is 23.2 Å². The Morgan fingerprint density at radius 1 is 1.29 bits per heavy atom. The highest BCUT2D eigenvalue weighted by atomic mass is 16.3. The van der Waals surface area contributed by atoms with Gasteiger partial charge in [0, 0.05) is 17.6 Å². The van der Waals surface area contributed by atoms with Crippen molar-refractivity contribution in [2.45, 2.75) is 19.3 Å². The maximum Gasteiger partial charge on any atom is 0.203 e. The molecule has 0 bridgehead atoms. The lowest BCUT2D eigenvalue weighted by atomic mass is 10.0. The largest absolute Gasteiger partial charge is 0.461 e. The van der Waals surface area contributed by atoms with Gasteiger partial charge in [-0.05, 0) is 24.5 Å². The fraction of sp³-hybridized carbons (Fsp3) is 0.222. The molecule has 0 saturated heterocycles. The Labute approximate surface area is 123 Å². The van der Waals surface area contributed by atoms with Crippen LogP contribution in [-0.4, -0.2) is 5.78 Å². The molecule has 2 aromatic rings. The molecule has 1 aliphatic rings. The SMILES string of the molecule is C[C@@H]1C[C@H]1c1ccc(/C=C(\C#N)C(=O)c2ccccc2)o1. The Hall–Kier alpha value is -2.60. The summed E-state index contributed by atoms with van der Waals surface area (Å²) in [5.41, 5.74) is 0.596. The van der Waals surface area contributed by atoms with Gasteiger partial charge in [-0.15, -0.1) is 0 Å². The van der Waals surface area contributed by atoms with E-state index in [4.69, 9.17) is 4.42 Å². The summed E-state index contributed by atoms with van der Waals surface area (Å²) < 4.78 is 5.72. The van der Waals surface area contributed by atoms with Crippen molar-refractivity contribution in [2.24, 2.45) is 5.92 Å². The first-order chi connectivity index (χ1) is 10.2. The Balaban J connectivity index is 1.84. The van der Waals surface area contributed by atoms with Crippen LogP contribution < -0.4 is 0 Å². The molecule has 0 aliphatic heterocycles. The smallest absolute Gasteiger partial charge is 0.203 e. The van der Waals surface area contributed by atoms with Gasteiger partial charge in [0.05, 0.1) is 0 Å². The number of allylic oxidation sites excluding steroid dienone is 1. The number of carbonyl (C=O) groups excluding carboxylic acids is 1. The number of benzene rings is 1. The van der Waals surface area contributed by atoms with Crippen LogP contribution in [-0.2, 0) is 0 Å². The summed E-state index contributed by atoms with van der Waals surface area (Å²) >= 11 is 0. The van der Waals surface area contributed by atoms with E-state index in [1.807, 2.05) is 24.3 Å². The van der Waals surface area contributed by atoms with Gasteiger partial charge in [-0.1, -0.05) is 37.3 Å². The van der Waals surface area contributed by atoms with Crippen LogP contribution in [0.25, 0.3) is 6.08 Å². The van der Waals surface area contributed by atoms with E-state index in [-0.39, 0.29) is 11.4 Å². The number of carbonyl (C=O) groups is 1. The molecular weight excluding hydrogens is 262 g/mol. The third-order valence-electron chi connectivity index (χ3n) is 3.81. The normalized spacial score (nSPS) is 20.9. The van der Waals surface area contributed by atoms with Crippen molar-refractivity contribution in [2.75, 3.05) is 0 Å². The minimum absolute atomic E-state index is 0.0888. The Morgan fingerprint density at radius 2 is 2.00 bits per heavy atom. The van der Waals surface area contributed by atoms with E-state index < -0.39 is 0 Å². The van der Waals surface area contributed by atoms with Crippen LogP contribution in [0.3, 0.4) is 0 Å². The third kappa shape index (κ3) is 2.80. The van der Waals surface area contributed by atoms with Crippen molar-refractivity contribution in [3.05, 3.63) is 65.1 Å². The molecule has 1 aliphatic carbocycles. The zero-order valence-electron chi connectivity index (χ0n) is 11.7. The lowest BCUT2D eigenvalue weighted by Crippen LogP contribution is -2.01. The highest BCUT2D eigenvalue weighted by Crippen LogP contribution is 2.47. The van der Waals surface area contributed by atoms with Crippen LogP contribution in [0.15, 0.2) is 52.5 Å². The number of furan rings is 1. The molecule has 0 spiro atoms. The van der Waals surface area contributed by atoms with E-state index in [9.17, 15) is 10.1 Å². The van der Waals surface area contributed by atoms with Gasteiger partial charge < -0.3 is 4.42 Å². The second-order valence-electron chi connectivity index (χ2n) is 5.42. The first-order valence-corrected chi connectivity index (χ1v) is 7.00. The topological polar surface area (TPSA) is 54.0 Å². The average Bonchev–Trinajstić information content (AvgIpc) is 3.07. The van der Waals surface area contributed by atoms with Gasteiger partial charge in [0.15, 0.2) is 0 Å². The monoisotopic (exact) mass is 277 g/mol. The summed E-state index contributed by atoms with van der Waals surface area (Å²) in [6, 6.07) is 14.5. The molecule has 1 aromatic heterocycles. The highest BCUT2D eigenvalue weighted by molar-refractivity contribution is 6.13. The van der Waals surface area contributed by atoms with E-state index >= 15 is 0 Å². The standard InChI is InChI=1S/C18H15NO2/c1-12-9-16(12)17-8-7-15(21-17)10-14(11-19)18(20)13-5-3-2-4-6-13/h2-8,10,12,16H,9H2,1H3/b14-10+/t12-,16-/m1/s1. The molecule has 1 fully saturated rings. The zero-order chi connectivity index (χ0) is 14.8. The molecular formula is C18H15NO2. The number of rotatable bonds is 4. The molecule has 1 saturated carbocycles. The quantitative estimate of drug-likeness (QED) is 0.478. The van der Waals surface area contributed by atoms with Crippen molar-refractivity contribution in [3.63, 3.8) is 0 Å². The number of ketones is 1. The molecule has 1 aromatic carbocycles. The van der Waals surface area contributed by atoms with Gasteiger partial charge in [0.25, 0.3) is 0 Å². The predicted molar refractivity (Wildman–Crippen MR) is 79.6 cm³/mol. The van der Waals surface area contributed by atoms with Crippen LogP contribution in [0, 0.1) is 17.2 Å². The minimum Gasteiger partial charge on any atom is -0.461 e. The fourth-order valence-electron chi connectivity index (χ4n) is 2.40. The van der Waals surface area contributed by atoms with E-state index in [0.717, 1.165) is 12.2 Å². The summed E-state index contributed by atoms with van der Waals surface area (Å²) in [6.07, 6.45) is 2.66. The summed E-state index contributed by atoms with van der Waals surface area (Å²) in [5, 5.41) is 9.21. The fourth-order valence-corrected chi connectivity index (χ4v) is 2.40. The first-order valence-electron chi connectivity index (χ1n) is 7.00. The predicted octanol–water partition coefficient (Wildman–Crippen LogP) is 4.19. The molecule has 104 valence electrons. The Morgan fingerprint density at radius 3 is 2.62 bits per heavy atom.